The van der Waals surface area contributed by atoms with Crippen molar-refractivity contribution < 1.29 is 33.0 Å². The second kappa shape index (κ2) is 13.9. The van der Waals surface area contributed by atoms with Gasteiger partial charge in [0.2, 0.25) is 0 Å². The van der Waals surface area contributed by atoms with E-state index in [-0.39, 0.29) is 43.2 Å². The molecule has 1 saturated heterocycles. The summed E-state index contributed by atoms with van der Waals surface area (Å²) < 4.78 is 32.4. The van der Waals surface area contributed by atoms with Crippen LogP contribution >= 0.6 is 0 Å². The lowest BCUT2D eigenvalue weighted by Crippen LogP contribution is -2.58. The molecule has 0 unspecified atom stereocenters. The highest BCUT2D eigenvalue weighted by Crippen LogP contribution is 2.33. The third kappa shape index (κ3) is 7.37. The summed E-state index contributed by atoms with van der Waals surface area (Å²) in [7, 11) is 1.54. The van der Waals surface area contributed by atoms with Gasteiger partial charge in [0, 0.05) is 48.9 Å². The number of rotatable bonds is 4. The van der Waals surface area contributed by atoms with Crippen LogP contribution in [0.1, 0.15) is 51.9 Å². The molecule has 1 fully saturated rings. The minimum atomic E-state index is -0.648. The second-order valence-corrected chi connectivity index (χ2v) is 11.6. The molecule has 47 heavy (non-hydrogen) atoms. The van der Waals surface area contributed by atoms with E-state index in [9.17, 15) is 18.8 Å². The summed E-state index contributed by atoms with van der Waals surface area (Å²) in [6.07, 6.45) is 1.46. The molecule has 2 aliphatic heterocycles. The number of nitrogens with zero attached hydrogens (tertiary/aromatic N) is 2. The quantitative estimate of drug-likeness (QED) is 0.303. The first kappa shape index (κ1) is 31.6. The SMILES string of the molecule is CCCc1cc(C(=O)N2CC[C@H]3Oc4cc(F)cc(c4)CNC(=O)COc4cccc(c4)-c4cc(ccc4OC)C(=O)N[C@@H]3C2)n[nH]1. The maximum absolute atomic E-state index is 14.7. The summed E-state index contributed by atoms with van der Waals surface area (Å²) in [5, 5.41) is 13.0. The van der Waals surface area contributed by atoms with Gasteiger partial charge in [-0.1, -0.05) is 25.5 Å². The van der Waals surface area contributed by atoms with Gasteiger partial charge in [-0.15, -0.1) is 0 Å². The molecule has 2 aliphatic rings. The number of halogens is 1. The van der Waals surface area contributed by atoms with Crippen LogP contribution in [0.4, 0.5) is 4.39 Å². The number of piperidine rings is 1. The van der Waals surface area contributed by atoms with Crippen LogP contribution in [0.5, 0.6) is 17.2 Å². The van der Waals surface area contributed by atoms with Crippen molar-refractivity contribution in [2.45, 2.75) is 44.9 Å². The van der Waals surface area contributed by atoms with Gasteiger partial charge in [0.1, 0.15) is 34.9 Å². The number of likely N-dealkylation sites (tertiary alicyclic amines) is 1. The van der Waals surface area contributed by atoms with E-state index < -0.39 is 18.0 Å². The smallest absolute Gasteiger partial charge is 0.274 e. The number of aromatic nitrogens is 2. The topological polar surface area (TPSA) is 135 Å². The Hall–Kier alpha value is -5.39. The Balaban J connectivity index is 1.35. The monoisotopic (exact) mass is 641 g/mol. The zero-order valence-electron chi connectivity index (χ0n) is 26.2. The van der Waals surface area contributed by atoms with Crippen molar-refractivity contribution in [2.24, 2.45) is 0 Å². The molecule has 1 aromatic heterocycles. The van der Waals surface area contributed by atoms with E-state index >= 15 is 0 Å². The van der Waals surface area contributed by atoms with Gasteiger partial charge in [-0.3, -0.25) is 19.5 Å². The van der Waals surface area contributed by atoms with Gasteiger partial charge in [0.05, 0.1) is 13.2 Å². The van der Waals surface area contributed by atoms with Crippen molar-refractivity contribution in [2.75, 3.05) is 26.8 Å². The standard InChI is InChI=1S/C35H36FN5O6/c1-3-5-25-17-29(40-39-25)35(44)41-11-10-32-30(19-41)38-34(43)23-8-9-31(45-2)28(15-23)22-6-4-7-26(14-22)46-20-33(42)37-18-21-12-24(36)16-27(13-21)47-32/h4,6-9,12-17,30,32H,3,5,10-11,18-20H2,1-2H3,(H,37,42)(H,38,43)(H,39,40)/t30-,32-/m1/s1. The Morgan fingerprint density at radius 3 is 2.77 bits per heavy atom. The average Bonchev–Trinajstić information content (AvgIpc) is 3.55. The molecule has 3 amide bonds. The molecule has 12 heteroatoms. The highest BCUT2D eigenvalue weighted by molar-refractivity contribution is 5.97. The molecule has 6 rings (SSSR count). The number of benzene rings is 3. The largest absolute Gasteiger partial charge is 0.496 e. The number of ether oxygens (including phenoxy) is 3. The maximum Gasteiger partial charge on any atom is 0.274 e. The molecule has 6 bridgehead atoms. The zero-order valence-corrected chi connectivity index (χ0v) is 26.2. The van der Waals surface area contributed by atoms with Crippen LogP contribution in [-0.2, 0) is 17.8 Å². The van der Waals surface area contributed by atoms with Crippen LogP contribution in [-0.4, -0.2) is 71.8 Å². The van der Waals surface area contributed by atoms with Crippen LogP contribution in [0.25, 0.3) is 11.1 Å². The predicted molar refractivity (Wildman–Crippen MR) is 171 cm³/mol. The van der Waals surface area contributed by atoms with Gasteiger partial charge in [0.15, 0.2) is 6.61 Å². The second-order valence-electron chi connectivity index (χ2n) is 11.6. The van der Waals surface area contributed by atoms with Gasteiger partial charge < -0.3 is 29.7 Å². The van der Waals surface area contributed by atoms with Crippen LogP contribution in [0.2, 0.25) is 0 Å². The molecule has 244 valence electrons. The van der Waals surface area contributed by atoms with Gasteiger partial charge in [-0.05, 0) is 66.1 Å². The van der Waals surface area contributed by atoms with Crippen molar-refractivity contribution in [1.82, 2.24) is 25.7 Å². The van der Waals surface area contributed by atoms with E-state index in [1.54, 1.807) is 60.5 Å². The first-order valence-corrected chi connectivity index (χ1v) is 15.6. The van der Waals surface area contributed by atoms with Crippen molar-refractivity contribution in [1.29, 1.82) is 0 Å². The number of amides is 3. The Morgan fingerprint density at radius 2 is 1.94 bits per heavy atom. The molecule has 0 saturated carbocycles. The van der Waals surface area contributed by atoms with E-state index in [0.717, 1.165) is 24.1 Å². The Labute approximate surface area is 271 Å². The number of methoxy groups -OCH3 is 1. The van der Waals surface area contributed by atoms with Crippen molar-refractivity contribution in [3.8, 4) is 28.4 Å². The highest BCUT2D eigenvalue weighted by atomic mass is 19.1. The van der Waals surface area contributed by atoms with E-state index in [4.69, 9.17) is 14.2 Å². The van der Waals surface area contributed by atoms with Gasteiger partial charge in [-0.25, -0.2) is 4.39 Å². The molecule has 11 nitrogen and oxygen atoms in total. The first-order valence-electron chi connectivity index (χ1n) is 15.6. The summed E-state index contributed by atoms with van der Waals surface area (Å²) in [4.78, 5) is 41.6. The van der Waals surface area contributed by atoms with Crippen LogP contribution < -0.4 is 24.8 Å². The fourth-order valence-electron chi connectivity index (χ4n) is 5.87. The average molecular weight is 642 g/mol. The van der Waals surface area contributed by atoms with Crippen molar-refractivity contribution >= 4 is 17.7 Å². The lowest BCUT2D eigenvalue weighted by molar-refractivity contribution is -0.123. The molecule has 3 heterocycles. The Kier molecular flexibility index (Phi) is 9.37. The predicted octanol–water partition coefficient (Wildman–Crippen LogP) is 4.28. The lowest BCUT2D eigenvalue weighted by Gasteiger charge is -2.38. The number of H-pyrrole nitrogens is 1. The van der Waals surface area contributed by atoms with E-state index in [1.807, 2.05) is 13.0 Å². The third-order valence-corrected chi connectivity index (χ3v) is 8.21. The van der Waals surface area contributed by atoms with E-state index in [1.165, 1.54) is 12.1 Å². The molecule has 0 radical (unpaired) electrons. The Bertz CT molecular complexity index is 1790. The number of fused-ring (bicyclic) bond motifs is 8. The highest BCUT2D eigenvalue weighted by Gasteiger charge is 2.35. The number of carbonyl (C=O) groups is 3. The van der Waals surface area contributed by atoms with Crippen molar-refractivity contribution in [3.05, 3.63) is 95.1 Å². The first-order chi connectivity index (χ1) is 22.8. The molecule has 0 aliphatic carbocycles. The minimum absolute atomic E-state index is 0.0518. The summed E-state index contributed by atoms with van der Waals surface area (Å²) in [6, 6.07) is 17.5. The molecule has 2 atom stereocenters. The number of aryl methyl sites for hydroxylation is 1. The van der Waals surface area contributed by atoms with Crippen LogP contribution in [0.3, 0.4) is 0 Å². The summed E-state index contributed by atoms with van der Waals surface area (Å²) >= 11 is 0. The summed E-state index contributed by atoms with van der Waals surface area (Å²) in [5.41, 5.74) is 3.39. The van der Waals surface area contributed by atoms with E-state index in [0.29, 0.717) is 46.8 Å². The normalized spacial score (nSPS) is 18.2. The minimum Gasteiger partial charge on any atom is -0.496 e. The molecule has 3 aromatic carbocycles. The molecule has 3 N–H and O–H groups in total. The Morgan fingerprint density at radius 1 is 1.06 bits per heavy atom. The number of nitrogens with one attached hydrogen (secondary N) is 3. The summed E-state index contributed by atoms with van der Waals surface area (Å²) in [6.45, 7) is 2.33. The van der Waals surface area contributed by atoms with E-state index in [2.05, 4.69) is 20.8 Å². The lowest BCUT2D eigenvalue weighted by atomic mass is 9.99. The van der Waals surface area contributed by atoms with Gasteiger partial charge in [-0.2, -0.15) is 5.10 Å². The summed E-state index contributed by atoms with van der Waals surface area (Å²) in [5.74, 6) is -0.331. The van der Waals surface area contributed by atoms with Gasteiger partial charge >= 0.3 is 0 Å². The third-order valence-electron chi connectivity index (χ3n) is 8.21. The van der Waals surface area contributed by atoms with Crippen LogP contribution in [0, 0.1) is 5.82 Å². The molecular formula is C35H36FN5O6. The zero-order chi connectivity index (χ0) is 32.9. The number of hydrogen-bond donors (Lipinski definition) is 3. The molecule has 0 spiro atoms. The fraction of sp³-hybridized carbons (Fsp3) is 0.314. The maximum atomic E-state index is 14.7. The van der Waals surface area contributed by atoms with Gasteiger partial charge in [0.25, 0.3) is 17.7 Å². The van der Waals surface area contributed by atoms with Crippen LogP contribution in [0.15, 0.2) is 66.7 Å². The molecular weight excluding hydrogens is 605 g/mol. The fourth-order valence-corrected chi connectivity index (χ4v) is 5.87. The number of hydrogen-bond acceptors (Lipinski definition) is 7. The number of carbonyl (C=O) groups excluding carboxylic acids is 3. The molecule has 4 aromatic rings. The van der Waals surface area contributed by atoms with Crippen molar-refractivity contribution in [3.63, 3.8) is 0 Å². The number of aromatic amines is 1.